The van der Waals surface area contributed by atoms with Gasteiger partial charge in [0.2, 0.25) is 9.84 Å². The maximum absolute atomic E-state index is 14.6. The van der Waals surface area contributed by atoms with E-state index in [1.807, 2.05) is 59.2 Å². The third-order valence-electron chi connectivity index (χ3n) is 9.28. The molecule has 1 aliphatic rings. The van der Waals surface area contributed by atoms with E-state index in [0.717, 1.165) is 27.7 Å². The first-order valence-corrected chi connectivity index (χ1v) is 16.1. The van der Waals surface area contributed by atoms with Gasteiger partial charge in [0.15, 0.2) is 0 Å². The molecule has 0 saturated carbocycles. The third kappa shape index (κ3) is 2.92. The number of imidazole rings is 1. The monoisotopic (exact) mass is 582 g/mol. The van der Waals surface area contributed by atoms with Crippen molar-refractivity contribution < 1.29 is 8.42 Å². The molecule has 1 aliphatic heterocycles. The van der Waals surface area contributed by atoms with Crippen molar-refractivity contribution in [2.75, 3.05) is 0 Å². The third-order valence-corrected chi connectivity index (χ3v) is 11.2. The fourth-order valence-electron chi connectivity index (χ4n) is 7.51. The zero-order valence-corrected chi connectivity index (χ0v) is 24.1. The summed E-state index contributed by atoms with van der Waals surface area (Å²) in [7, 11) is -3.88. The van der Waals surface area contributed by atoms with Crippen LogP contribution in [0.4, 0.5) is 0 Å². The second-order valence-electron chi connectivity index (χ2n) is 11.5. The molecular weight excluding hydrogens is 561 g/mol. The summed E-state index contributed by atoms with van der Waals surface area (Å²) in [5.41, 5.74) is 4.43. The number of para-hydroxylation sites is 1. The van der Waals surface area contributed by atoms with Gasteiger partial charge in [-0.15, -0.1) is 0 Å². The molecule has 2 heterocycles. The van der Waals surface area contributed by atoms with E-state index in [1.165, 1.54) is 32.3 Å². The summed E-state index contributed by atoms with van der Waals surface area (Å²) in [4.78, 5) is 5.55. The average Bonchev–Trinajstić information content (AvgIpc) is 3.46. The first-order chi connectivity index (χ1) is 21.6. The quantitative estimate of drug-likeness (QED) is 0.151. The lowest BCUT2D eigenvalue weighted by Gasteiger charge is -2.24. The van der Waals surface area contributed by atoms with Gasteiger partial charge in [0, 0.05) is 11.1 Å². The SMILES string of the molecule is O=S1(=O)c2c(-c3ccc4c5cccc6cccc(c7cccc3c74)c65)cccc2-n2c(-c3ccccc3)nc3cccc1c32. The number of benzene rings is 8. The minimum absolute atomic E-state index is 0.285. The van der Waals surface area contributed by atoms with Gasteiger partial charge >= 0.3 is 0 Å². The maximum atomic E-state index is 14.6. The summed E-state index contributed by atoms with van der Waals surface area (Å²) in [5, 5.41) is 9.42. The molecule has 44 heavy (non-hydrogen) atoms. The molecule has 0 bridgehead atoms. The number of hydrogen-bond acceptors (Lipinski definition) is 3. The zero-order chi connectivity index (χ0) is 29.2. The largest absolute Gasteiger partial charge is 0.290 e. The van der Waals surface area contributed by atoms with E-state index in [-0.39, 0.29) is 4.90 Å². The van der Waals surface area contributed by atoms with Crippen LogP contribution in [-0.2, 0) is 9.84 Å². The van der Waals surface area contributed by atoms with Gasteiger partial charge in [-0.05, 0) is 66.9 Å². The minimum atomic E-state index is -3.88. The van der Waals surface area contributed by atoms with Crippen LogP contribution < -0.4 is 0 Å². The molecule has 0 aliphatic carbocycles. The van der Waals surface area contributed by atoms with Gasteiger partial charge in [-0.25, -0.2) is 13.4 Å². The van der Waals surface area contributed by atoms with Gasteiger partial charge in [-0.2, -0.15) is 0 Å². The Kier molecular flexibility index (Phi) is 4.53. The molecule has 0 fully saturated rings. The van der Waals surface area contributed by atoms with Crippen molar-refractivity contribution >= 4 is 64.0 Å². The molecule has 0 spiro atoms. The van der Waals surface area contributed by atoms with Crippen LogP contribution in [0.2, 0.25) is 0 Å². The highest BCUT2D eigenvalue weighted by molar-refractivity contribution is 7.92. The summed E-state index contributed by atoms with van der Waals surface area (Å²) < 4.78 is 31.2. The molecule has 0 saturated heterocycles. The van der Waals surface area contributed by atoms with Gasteiger partial charge in [-0.1, -0.05) is 115 Å². The highest BCUT2D eigenvalue weighted by Gasteiger charge is 2.36. The normalized spacial score (nSPS) is 13.8. The fraction of sp³-hybridized carbons (Fsp3) is 0. The number of aromatic nitrogens is 2. The molecule has 10 rings (SSSR count). The average molecular weight is 583 g/mol. The van der Waals surface area contributed by atoms with Crippen LogP contribution in [0, 0.1) is 0 Å². The van der Waals surface area contributed by atoms with Crippen molar-refractivity contribution in [2.45, 2.75) is 9.79 Å². The second-order valence-corrected chi connectivity index (χ2v) is 13.4. The highest BCUT2D eigenvalue weighted by atomic mass is 32.2. The van der Waals surface area contributed by atoms with E-state index >= 15 is 0 Å². The van der Waals surface area contributed by atoms with Gasteiger partial charge < -0.3 is 0 Å². The lowest BCUT2D eigenvalue weighted by molar-refractivity contribution is 0.595. The summed E-state index contributed by atoms with van der Waals surface area (Å²) in [6.45, 7) is 0. The molecule has 0 N–H and O–H groups in total. The summed E-state index contributed by atoms with van der Waals surface area (Å²) >= 11 is 0. The zero-order valence-electron chi connectivity index (χ0n) is 23.3. The Balaban J connectivity index is 1.34. The van der Waals surface area contributed by atoms with Gasteiger partial charge in [0.1, 0.15) is 10.7 Å². The van der Waals surface area contributed by atoms with Crippen molar-refractivity contribution in [3.05, 3.63) is 133 Å². The van der Waals surface area contributed by atoms with E-state index in [1.54, 1.807) is 12.1 Å². The van der Waals surface area contributed by atoms with Crippen molar-refractivity contribution in [1.82, 2.24) is 9.55 Å². The minimum Gasteiger partial charge on any atom is -0.290 e. The number of rotatable bonds is 2. The molecule has 4 nitrogen and oxygen atoms in total. The molecule has 1 aromatic heterocycles. The van der Waals surface area contributed by atoms with Crippen molar-refractivity contribution in [3.63, 3.8) is 0 Å². The Morgan fingerprint density at radius 1 is 0.523 bits per heavy atom. The number of fused-ring (bicyclic) bond motifs is 4. The summed E-state index contributed by atoms with van der Waals surface area (Å²) in [6.07, 6.45) is 0. The summed E-state index contributed by atoms with van der Waals surface area (Å²) in [6, 6.07) is 44.8. The Labute approximate surface area is 252 Å². The van der Waals surface area contributed by atoms with Gasteiger partial charge in [0.25, 0.3) is 0 Å². The molecular formula is C39H22N2O2S. The van der Waals surface area contributed by atoms with Crippen molar-refractivity contribution in [1.29, 1.82) is 0 Å². The van der Waals surface area contributed by atoms with Crippen molar-refractivity contribution in [3.8, 4) is 28.2 Å². The Morgan fingerprint density at radius 2 is 1.18 bits per heavy atom. The number of hydrogen-bond donors (Lipinski definition) is 0. The molecule has 8 aromatic carbocycles. The van der Waals surface area contributed by atoms with Crippen LogP contribution in [0.1, 0.15) is 0 Å². The topological polar surface area (TPSA) is 52.0 Å². The summed E-state index contributed by atoms with van der Waals surface area (Å²) in [5.74, 6) is 0.725. The molecule has 9 aromatic rings. The Hall–Kier alpha value is -5.52. The van der Waals surface area contributed by atoms with E-state index in [9.17, 15) is 8.42 Å². The standard InChI is InChI=1S/C39H22N2O2S/c42-44(43)34-20-8-18-32-37(34)41(39(40-32)24-9-2-1-3-10-24)33-19-7-17-31(38(33)44)25-21-22-30-28-14-5-12-23-11-4-13-27(35(23)28)29-16-6-15-26(25)36(29)30/h1-22H. The van der Waals surface area contributed by atoms with E-state index in [4.69, 9.17) is 4.98 Å². The number of nitrogens with zero attached hydrogens (tertiary/aromatic N) is 2. The smallest absolute Gasteiger partial charge is 0.211 e. The van der Waals surface area contributed by atoms with Crippen LogP contribution in [0.25, 0.3) is 82.3 Å². The molecule has 0 radical (unpaired) electrons. The Bertz CT molecular complexity index is 2730. The lowest BCUT2D eigenvalue weighted by Crippen LogP contribution is -2.16. The van der Waals surface area contributed by atoms with E-state index in [0.29, 0.717) is 27.2 Å². The molecule has 0 atom stereocenters. The van der Waals surface area contributed by atoms with Crippen LogP contribution in [-0.4, -0.2) is 18.0 Å². The lowest BCUT2D eigenvalue weighted by atomic mass is 9.87. The molecule has 0 unspecified atom stereocenters. The second kappa shape index (κ2) is 8.31. The van der Waals surface area contributed by atoms with Crippen LogP contribution in [0.5, 0.6) is 0 Å². The predicted molar refractivity (Wildman–Crippen MR) is 179 cm³/mol. The van der Waals surface area contributed by atoms with Gasteiger partial charge in [-0.3, -0.25) is 4.57 Å². The molecule has 206 valence electrons. The fourth-order valence-corrected chi connectivity index (χ4v) is 9.34. The van der Waals surface area contributed by atoms with Crippen LogP contribution in [0.15, 0.2) is 143 Å². The maximum Gasteiger partial charge on any atom is 0.211 e. The first-order valence-electron chi connectivity index (χ1n) is 14.7. The van der Waals surface area contributed by atoms with Crippen molar-refractivity contribution in [2.24, 2.45) is 0 Å². The molecule has 5 heteroatoms. The first kappa shape index (κ1) is 24.0. The highest BCUT2D eigenvalue weighted by Crippen LogP contribution is 2.48. The Morgan fingerprint density at radius 3 is 1.98 bits per heavy atom. The number of sulfone groups is 1. The predicted octanol–water partition coefficient (Wildman–Crippen LogP) is 9.56. The van der Waals surface area contributed by atoms with E-state index in [2.05, 4.69) is 66.7 Å². The van der Waals surface area contributed by atoms with E-state index < -0.39 is 9.84 Å². The molecule has 0 amide bonds. The van der Waals surface area contributed by atoms with Crippen LogP contribution >= 0.6 is 0 Å². The van der Waals surface area contributed by atoms with Gasteiger partial charge in [0.05, 0.1) is 21.6 Å². The van der Waals surface area contributed by atoms with Crippen LogP contribution in [0.3, 0.4) is 0 Å².